The largest absolute Gasteiger partial charge is 0.497 e. The third-order valence-electron chi connectivity index (χ3n) is 4.99. The maximum absolute atomic E-state index is 13.6. The highest BCUT2D eigenvalue weighted by Gasteiger charge is 2.29. The van der Waals surface area contributed by atoms with E-state index in [0.717, 1.165) is 4.31 Å². The Morgan fingerprint density at radius 1 is 1.03 bits per heavy atom. The van der Waals surface area contributed by atoms with Crippen molar-refractivity contribution in [2.75, 3.05) is 30.4 Å². The number of rotatable bonds is 9. The van der Waals surface area contributed by atoms with Gasteiger partial charge >= 0.3 is 0 Å². The number of anilines is 2. The summed E-state index contributed by atoms with van der Waals surface area (Å²) in [6, 6.07) is 16.2. The van der Waals surface area contributed by atoms with E-state index < -0.39 is 27.4 Å². The van der Waals surface area contributed by atoms with Crippen molar-refractivity contribution in [3.8, 4) is 11.5 Å². The molecule has 0 aromatic heterocycles. The fourth-order valence-electron chi connectivity index (χ4n) is 3.19. The van der Waals surface area contributed by atoms with Gasteiger partial charge in [0.25, 0.3) is 15.7 Å². The van der Waals surface area contributed by atoms with Gasteiger partial charge in [-0.1, -0.05) is 18.2 Å². The lowest BCUT2D eigenvalue weighted by Gasteiger charge is -2.25. The first-order valence-corrected chi connectivity index (χ1v) is 11.5. The van der Waals surface area contributed by atoms with Crippen molar-refractivity contribution >= 4 is 33.0 Å². The minimum atomic E-state index is -4.20. The Balaban J connectivity index is 2.00. The van der Waals surface area contributed by atoms with Crippen LogP contribution in [-0.4, -0.2) is 40.0 Å². The van der Waals surface area contributed by atoms with Gasteiger partial charge in [0.15, 0.2) is 0 Å². The number of benzene rings is 3. The Labute approximate surface area is 196 Å². The second-order valence-electron chi connectivity index (χ2n) is 7.16. The lowest BCUT2D eigenvalue weighted by Crippen LogP contribution is -2.38. The molecule has 0 fully saturated rings. The molecule has 0 saturated heterocycles. The molecule has 0 aliphatic rings. The fourth-order valence-corrected chi connectivity index (χ4v) is 4.62. The maximum atomic E-state index is 13.6. The zero-order chi connectivity index (χ0) is 24.9. The summed E-state index contributed by atoms with van der Waals surface area (Å²) < 4.78 is 38.5. The molecule has 34 heavy (non-hydrogen) atoms. The summed E-state index contributed by atoms with van der Waals surface area (Å²) in [5.74, 6) is 0.0344. The van der Waals surface area contributed by atoms with Gasteiger partial charge in [-0.05, 0) is 48.9 Å². The number of carbonyl (C=O) groups excluding carboxylic acids is 1. The van der Waals surface area contributed by atoms with Crippen LogP contribution < -0.4 is 19.1 Å². The lowest BCUT2D eigenvalue weighted by atomic mass is 10.2. The van der Waals surface area contributed by atoms with Gasteiger partial charge in [0.2, 0.25) is 5.91 Å². The predicted molar refractivity (Wildman–Crippen MR) is 127 cm³/mol. The van der Waals surface area contributed by atoms with Crippen LogP contribution in [0.2, 0.25) is 0 Å². The average Bonchev–Trinajstić information content (AvgIpc) is 2.83. The molecule has 0 atom stereocenters. The molecule has 0 aliphatic heterocycles. The Hall–Kier alpha value is -4.12. The summed E-state index contributed by atoms with van der Waals surface area (Å²) >= 11 is 0. The van der Waals surface area contributed by atoms with E-state index in [0.29, 0.717) is 11.3 Å². The Bertz CT molecular complexity index is 1310. The molecule has 10 nitrogen and oxygen atoms in total. The minimum Gasteiger partial charge on any atom is -0.497 e. The first-order valence-electron chi connectivity index (χ1n) is 10.0. The van der Waals surface area contributed by atoms with E-state index >= 15 is 0 Å². The highest BCUT2D eigenvalue weighted by molar-refractivity contribution is 7.92. The molecule has 0 heterocycles. The van der Waals surface area contributed by atoms with E-state index in [4.69, 9.17) is 9.47 Å². The van der Waals surface area contributed by atoms with E-state index in [9.17, 15) is 23.3 Å². The number of non-ortho nitro benzene ring substituents is 1. The van der Waals surface area contributed by atoms with Gasteiger partial charge in [-0.3, -0.25) is 19.2 Å². The van der Waals surface area contributed by atoms with Gasteiger partial charge < -0.3 is 14.8 Å². The third-order valence-corrected chi connectivity index (χ3v) is 6.77. The quantitative estimate of drug-likeness (QED) is 0.361. The summed E-state index contributed by atoms with van der Waals surface area (Å²) in [6.45, 7) is 1.07. The molecular formula is C23H23N3O7S. The Kier molecular flexibility index (Phi) is 7.37. The summed E-state index contributed by atoms with van der Waals surface area (Å²) in [7, 11) is -1.35. The monoisotopic (exact) mass is 485 g/mol. The minimum absolute atomic E-state index is 0.0569. The number of nitrogens with zero attached hydrogens (tertiary/aromatic N) is 2. The van der Waals surface area contributed by atoms with Crippen LogP contribution in [0.4, 0.5) is 17.1 Å². The summed E-state index contributed by atoms with van der Waals surface area (Å²) in [6.07, 6.45) is 0. The molecule has 3 rings (SSSR count). The van der Waals surface area contributed by atoms with E-state index in [1.807, 2.05) is 0 Å². The van der Waals surface area contributed by atoms with Crippen molar-refractivity contribution in [3.63, 3.8) is 0 Å². The molecule has 0 saturated carbocycles. The van der Waals surface area contributed by atoms with Crippen LogP contribution in [0.5, 0.6) is 11.5 Å². The fraction of sp³-hybridized carbons (Fsp3) is 0.174. The van der Waals surface area contributed by atoms with Crippen LogP contribution in [0, 0.1) is 17.0 Å². The number of hydrogen-bond acceptors (Lipinski definition) is 7. The molecular weight excluding hydrogens is 462 g/mol. The maximum Gasteiger partial charge on any atom is 0.271 e. The van der Waals surface area contributed by atoms with Gasteiger partial charge in [0.1, 0.15) is 18.0 Å². The van der Waals surface area contributed by atoms with Crippen LogP contribution in [-0.2, 0) is 14.8 Å². The second kappa shape index (κ2) is 10.2. The zero-order valence-electron chi connectivity index (χ0n) is 18.7. The molecule has 3 aromatic carbocycles. The SMILES string of the molecule is COc1ccc(S(=O)(=O)N(CC(=O)Nc2cc([N+](=O)[O-])ccc2C)c2ccccc2OC)cc1. The van der Waals surface area contributed by atoms with Crippen molar-refractivity contribution in [2.24, 2.45) is 0 Å². The lowest BCUT2D eigenvalue weighted by molar-refractivity contribution is -0.384. The first-order chi connectivity index (χ1) is 16.2. The predicted octanol–water partition coefficient (Wildman–Crippen LogP) is 3.75. The van der Waals surface area contributed by atoms with Gasteiger partial charge in [-0.25, -0.2) is 8.42 Å². The number of amides is 1. The van der Waals surface area contributed by atoms with Crippen molar-refractivity contribution < 1.29 is 27.6 Å². The number of methoxy groups -OCH3 is 2. The molecule has 178 valence electrons. The Morgan fingerprint density at radius 3 is 2.32 bits per heavy atom. The normalized spacial score (nSPS) is 10.9. The van der Waals surface area contributed by atoms with Crippen molar-refractivity contribution in [3.05, 3.63) is 82.4 Å². The number of aryl methyl sites for hydroxylation is 1. The first kappa shape index (κ1) is 24.5. The molecule has 0 aliphatic carbocycles. The number of sulfonamides is 1. The zero-order valence-corrected chi connectivity index (χ0v) is 19.5. The number of hydrogen-bond donors (Lipinski definition) is 1. The third kappa shape index (κ3) is 5.26. The smallest absolute Gasteiger partial charge is 0.271 e. The van der Waals surface area contributed by atoms with Crippen LogP contribution in [0.25, 0.3) is 0 Å². The molecule has 3 aromatic rings. The van der Waals surface area contributed by atoms with Gasteiger partial charge in [-0.15, -0.1) is 0 Å². The number of nitro groups is 1. The van der Waals surface area contributed by atoms with Crippen molar-refractivity contribution in [2.45, 2.75) is 11.8 Å². The standard InChI is InChI=1S/C23H23N3O7S/c1-16-8-9-17(26(28)29)14-20(16)24-23(27)15-25(21-6-4-5-7-22(21)33-3)34(30,31)19-12-10-18(32-2)11-13-19/h4-14H,15H2,1-3H3,(H,24,27). The van der Waals surface area contributed by atoms with E-state index in [1.165, 1.54) is 62.8 Å². The molecule has 0 unspecified atom stereocenters. The van der Waals surface area contributed by atoms with Crippen molar-refractivity contribution in [1.29, 1.82) is 0 Å². The molecule has 0 bridgehead atoms. The van der Waals surface area contributed by atoms with Crippen LogP contribution in [0.3, 0.4) is 0 Å². The van der Waals surface area contributed by atoms with Crippen LogP contribution >= 0.6 is 0 Å². The summed E-state index contributed by atoms with van der Waals surface area (Å²) in [5, 5.41) is 13.7. The average molecular weight is 486 g/mol. The number of nitrogens with one attached hydrogen (secondary N) is 1. The highest BCUT2D eigenvalue weighted by Crippen LogP contribution is 2.33. The number of carbonyl (C=O) groups is 1. The van der Waals surface area contributed by atoms with Crippen LogP contribution in [0.1, 0.15) is 5.56 Å². The number of para-hydroxylation sites is 2. The second-order valence-corrected chi connectivity index (χ2v) is 9.03. The molecule has 1 N–H and O–H groups in total. The van der Waals surface area contributed by atoms with E-state index in [-0.39, 0.29) is 27.7 Å². The topological polar surface area (TPSA) is 128 Å². The Morgan fingerprint density at radius 2 is 1.71 bits per heavy atom. The van der Waals surface area contributed by atoms with Gasteiger partial charge in [-0.2, -0.15) is 0 Å². The number of nitro benzene ring substituents is 1. The summed E-state index contributed by atoms with van der Waals surface area (Å²) in [4.78, 5) is 23.4. The van der Waals surface area contributed by atoms with E-state index in [2.05, 4.69) is 5.32 Å². The van der Waals surface area contributed by atoms with Crippen LogP contribution in [0.15, 0.2) is 71.6 Å². The van der Waals surface area contributed by atoms with E-state index in [1.54, 1.807) is 25.1 Å². The van der Waals surface area contributed by atoms with Gasteiger partial charge in [0.05, 0.1) is 35.4 Å². The van der Waals surface area contributed by atoms with Gasteiger partial charge in [0, 0.05) is 12.1 Å². The molecule has 1 amide bonds. The highest BCUT2D eigenvalue weighted by atomic mass is 32.2. The molecule has 0 spiro atoms. The summed E-state index contributed by atoms with van der Waals surface area (Å²) in [5.41, 5.74) is 0.752. The number of ether oxygens (including phenoxy) is 2. The van der Waals surface area contributed by atoms with Crippen molar-refractivity contribution in [1.82, 2.24) is 0 Å². The molecule has 11 heteroatoms. The molecule has 0 radical (unpaired) electrons.